The van der Waals surface area contributed by atoms with E-state index in [2.05, 4.69) is 10.3 Å². The van der Waals surface area contributed by atoms with E-state index in [-0.39, 0.29) is 12.5 Å². The molecule has 0 fully saturated rings. The first-order valence-electron chi connectivity index (χ1n) is 10.3. The third-order valence-corrected chi connectivity index (χ3v) is 3.67. The minimum absolute atomic E-state index is 0.00645. The summed E-state index contributed by atoms with van der Waals surface area (Å²) in [6.07, 6.45) is -1.29. The van der Waals surface area contributed by atoms with Gasteiger partial charge in [0.1, 0.15) is 17.0 Å². The molecule has 9 nitrogen and oxygen atoms in total. The van der Waals surface area contributed by atoms with Gasteiger partial charge in [0.05, 0.1) is 6.61 Å². The number of amides is 2. The van der Waals surface area contributed by atoms with E-state index >= 15 is 0 Å². The van der Waals surface area contributed by atoms with Crippen LogP contribution in [0.1, 0.15) is 61.0 Å². The Labute approximate surface area is 184 Å². The number of guanidine groups is 1. The molecule has 0 heterocycles. The van der Waals surface area contributed by atoms with Crippen LogP contribution in [0.3, 0.4) is 0 Å². The summed E-state index contributed by atoms with van der Waals surface area (Å²) in [6.45, 7) is 15.5. The van der Waals surface area contributed by atoms with Crippen LogP contribution in [0.4, 0.5) is 15.3 Å². The Morgan fingerprint density at radius 2 is 1.68 bits per heavy atom. The average molecular weight is 437 g/mol. The van der Waals surface area contributed by atoms with E-state index in [9.17, 15) is 9.59 Å². The third-order valence-electron chi connectivity index (χ3n) is 3.67. The number of hydrogen-bond donors (Lipinski definition) is 2. The van der Waals surface area contributed by atoms with Crippen LogP contribution >= 0.6 is 0 Å². The zero-order valence-electron chi connectivity index (χ0n) is 19.9. The molecule has 0 unspecified atom stereocenters. The fourth-order valence-electron chi connectivity index (χ4n) is 2.57. The quantitative estimate of drug-likeness (QED) is 0.507. The van der Waals surface area contributed by atoms with Crippen molar-refractivity contribution in [1.29, 1.82) is 0 Å². The number of carbonyl (C=O) groups is 2. The highest BCUT2D eigenvalue weighted by Crippen LogP contribution is 2.26. The molecule has 0 saturated carbocycles. The van der Waals surface area contributed by atoms with Crippen molar-refractivity contribution in [3.8, 4) is 5.75 Å². The van der Waals surface area contributed by atoms with Gasteiger partial charge in [0, 0.05) is 24.3 Å². The molecule has 0 bridgehead atoms. The number of hydrogen-bond acceptors (Lipinski definition) is 5. The second kappa shape index (κ2) is 10.9. The second-order valence-corrected chi connectivity index (χ2v) is 8.78. The molecule has 1 aromatic rings. The second-order valence-electron chi connectivity index (χ2n) is 8.78. The molecule has 0 aromatic heterocycles. The lowest BCUT2D eigenvalue weighted by Crippen LogP contribution is -2.38. The fraction of sp³-hybridized carbons (Fsp3) is 0.591. The number of ether oxygens (including phenoxy) is 3. The molecule has 0 saturated heterocycles. The van der Waals surface area contributed by atoms with Gasteiger partial charge in [-0.1, -0.05) is 0 Å². The molecule has 0 aliphatic heterocycles. The molecule has 1 aromatic carbocycles. The maximum atomic E-state index is 12.0. The number of nitrogens with zero attached hydrogens (tertiary/aromatic N) is 2. The summed E-state index contributed by atoms with van der Waals surface area (Å²) in [5.41, 5.74) is 6.23. The van der Waals surface area contributed by atoms with Crippen LogP contribution in [0.15, 0.2) is 23.2 Å². The minimum Gasteiger partial charge on any atom is -0.494 e. The fourth-order valence-corrected chi connectivity index (χ4v) is 2.57. The zero-order chi connectivity index (χ0) is 23.8. The maximum Gasteiger partial charge on any atom is 0.437 e. The number of nitrogens with two attached hydrogens (primary N) is 1. The lowest BCUT2D eigenvalue weighted by molar-refractivity contribution is 0.0521. The van der Waals surface area contributed by atoms with Gasteiger partial charge < -0.3 is 30.2 Å². The number of rotatable bonds is 6. The molecular formula is C22H36N4O5. The Hall–Kier alpha value is -2.97. The summed E-state index contributed by atoms with van der Waals surface area (Å²) in [5, 5.41) is 2.73. The molecule has 0 atom stereocenters. The highest BCUT2D eigenvalue weighted by molar-refractivity contribution is 6.00. The molecule has 31 heavy (non-hydrogen) atoms. The first-order valence-corrected chi connectivity index (χ1v) is 10.3. The highest BCUT2D eigenvalue weighted by atomic mass is 16.6. The van der Waals surface area contributed by atoms with Crippen molar-refractivity contribution < 1.29 is 23.8 Å². The van der Waals surface area contributed by atoms with Crippen LogP contribution in [-0.4, -0.2) is 42.5 Å². The molecule has 2 amide bonds. The van der Waals surface area contributed by atoms with E-state index in [1.54, 1.807) is 52.5 Å². The Kier molecular flexibility index (Phi) is 9.15. The van der Waals surface area contributed by atoms with Crippen LogP contribution in [0, 0.1) is 0 Å². The van der Waals surface area contributed by atoms with Gasteiger partial charge in [-0.25, -0.2) is 9.59 Å². The standard InChI is InChI=1S/C22H36N4O5/c1-9-26(18(23)25-20(28)31-22(6,7)8)16-11-12-17(29-10-2)15(13-16)14-24-19(27)30-21(3,4)5/h11-13H,9-10,14H2,1-8H3,(H,24,27)(H2,23,25,28). The van der Waals surface area contributed by atoms with Gasteiger partial charge in [0.25, 0.3) is 0 Å². The SMILES string of the molecule is CCOc1ccc(N(CC)C(N)=NC(=O)OC(C)(C)C)cc1CNC(=O)OC(C)(C)C. The van der Waals surface area contributed by atoms with E-state index in [1.807, 2.05) is 26.0 Å². The van der Waals surface area contributed by atoms with E-state index < -0.39 is 23.4 Å². The van der Waals surface area contributed by atoms with Gasteiger partial charge in [-0.2, -0.15) is 0 Å². The van der Waals surface area contributed by atoms with Gasteiger partial charge in [0.15, 0.2) is 0 Å². The van der Waals surface area contributed by atoms with Gasteiger partial charge >= 0.3 is 12.2 Å². The van der Waals surface area contributed by atoms with E-state index in [0.29, 0.717) is 24.6 Å². The average Bonchev–Trinajstić information content (AvgIpc) is 2.59. The number of aliphatic imine (C=N–C) groups is 1. The van der Waals surface area contributed by atoms with Crippen LogP contribution in [0.25, 0.3) is 0 Å². The Bertz CT molecular complexity index is 794. The van der Waals surface area contributed by atoms with Crippen molar-refractivity contribution in [3.05, 3.63) is 23.8 Å². The number of benzene rings is 1. The number of alkyl carbamates (subject to hydrolysis) is 1. The number of carbonyl (C=O) groups excluding carboxylic acids is 2. The third kappa shape index (κ3) is 9.59. The molecule has 9 heteroatoms. The van der Waals surface area contributed by atoms with Crippen LogP contribution in [0.2, 0.25) is 0 Å². The molecule has 0 aliphatic carbocycles. The van der Waals surface area contributed by atoms with E-state index in [0.717, 1.165) is 5.56 Å². The lowest BCUT2D eigenvalue weighted by Gasteiger charge is -2.24. The Morgan fingerprint density at radius 1 is 1.06 bits per heavy atom. The summed E-state index contributed by atoms with van der Waals surface area (Å²) in [4.78, 5) is 29.6. The van der Waals surface area contributed by atoms with Crippen LogP contribution in [0.5, 0.6) is 5.75 Å². The summed E-state index contributed by atoms with van der Waals surface area (Å²) in [6, 6.07) is 5.42. The van der Waals surface area contributed by atoms with Crippen molar-refractivity contribution in [1.82, 2.24) is 5.32 Å². The van der Waals surface area contributed by atoms with Crippen LogP contribution in [-0.2, 0) is 16.0 Å². The largest absolute Gasteiger partial charge is 0.494 e. The monoisotopic (exact) mass is 436 g/mol. The number of nitrogens with one attached hydrogen (secondary N) is 1. The predicted molar refractivity (Wildman–Crippen MR) is 122 cm³/mol. The van der Waals surface area contributed by atoms with Crippen molar-refractivity contribution in [3.63, 3.8) is 0 Å². The number of anilines is 1. The van der Waals surface area contributed by atoms with Gasteiger partial charge in [0.2, 0.25) is 5.96 Å². The summed E-state index contributed by atoms with van der Waals surface area (Å²) in [5.74, 6) is 0.632. The molecule has 0 spiro atoms. The summed E-state index contributed by atoms with van der Waals surface area (Å²) in [7, 11) is 0. The first kappa shape index (κ1) is 26.1. The molecule has 3 N–H and O–H groups in total. The van der Waals surface area contributed by atoms with Crippen LogP contribution < -0.4 is 20.7 Å². The normalized spacial score (nSPS) is 12.2. The maximum absolute atomic E-state index is 12.0. The topological polar surface area (TPSA) is 115 Å². The van der Waals surface area contributed by atoms with Crippen molar-refractivity contribution in [2.75, 3.05) is 18.1 Å². The smallest absolute Gasteiger partial charge is 0.437 e. The van der Waals surface area contributed by atoms with Gasteiger partial charge in [-0.3, -0.25) is 0 Å². The lowest BCUT2D eigenvalue weighted by atomic mass is 10.1. The van der Waals surface area contributed by atoms with Crippen molar-refractivity contribution in [2.24, 2.45) is 10.7 Å². The zero-order valence-corrected chi connectivity index (χ0v) is 19.9. The highest BCUT2D eigenvalue weighted by Gasteiger charge is 2.19. The van der Waals surface area contributed by atoms with Crippen molar-refractivity contribution in [2.45, 2.75) is 73.1 Å². The molecule has 1 rings (SSSR count). The van der Waals surface area contributed by atoms with E-state index in [4.69, 9.17) is 19.9 Å². The van der Waals surface area contributed by atoms with E-state index in [1.165, 1.54) is 0 Å². The van der Waals surface area contributed by atoms with Gasteiger partial charge in [-0.15, -0.1) is 4.99 Å². The minimum atomic E-state index is -0.763. The summed E-state index contributed by atoms with van der Waals surface area (Å²) >= 11 is 0. The predicted octanol–water partition coefficient (Wildman–Crippen LogP) is 4.19. The molecule has 0 radical (unpaired) electrons. The summed E-state index contributed by atoms with van der Waals surface area (Å²) < 4.78 is 16.2. The Morgan fingerprint density at radius 3 is 2.19 bits per heavy atom. The first-order chi connectivity index (χ1) is 14.3. The van der Waals surface area contributed by atoms with Crippen molar-refractivity contribution >= 4 is 23.8 Å². The molecule has 0 aliphatic rings. The van der Waals surface area contributed by atoms with Gasteiger partial charge in [-0.05, 0) is 73.6 Å². The molecule has 174 valence electrons. The Balaban J connectivity index is 3.11. The molecular weight excluding hydrogens is 400 g/mol.